The molecule has 0 spiro atoms. The van der Waals surface area contributed by atoms with Gasteiger partial charge in [-0.1, -0.05) is 11.6 Å². The number of carbonyl (C=O) groups excluding carboxylic acids is 2. The highest BCUT2D eigenvalue weighted by molar-refractivity contribution is 7.92. The summed E-state index contributed by atoms with van der Waals surface area (Å²) in [5.41, 5.74) is 0.267. The SMILES string of the molecule is COC(=O)c1ccc(Cl)c(NC(=O)CN(c2cc(OC)ccc2OC)S(=O)(=O)c2ccc(OC)c(OC)c2)c1. The van der Waals surface area contributed by atoms with Gasteiger partial charge in [0.15, 0.2) is 11.5 Å². The van der Waals surface area contributed by atoms with Gasteiger partial charge in [0, 0.05) is 12.1 Å². The Hall–Kier alpha value is -4.16. The fourth-order valence-electron chi connectivity index (χ4n) is 3.58. The first-order valence-electron chi connectivity index (χ1n) is 11.2. The number of amides is 1. The number of rotatable bonds is 11. The number of sulfonamides is 1. The van der Waals surface area contributed by atoms with Gasteiger partial charge in [0.25, 0.3) is 10.0 Å². The number of esters is 1. The molecule has 0 saturated carbocycles. The molecule has 0 aliphatic carbocycles. The molecule has 3 aromatic rings. The van der Waals surface area contributed by atoms with E-state index in [4.69, 9.17) is 35.3 Å². The molecule has 1 amide bonds. The highest BCUT2D eigenvalue weighted by Gasteiger charge is 2.31. The van der Waals surface area contributed by atoms with E-state index >= 15 is 0 Å². The second kappa shape index (κ2) is 12.6. The molecule has 0 aliphatic rings. The van der Waals surface area contributed by atoms with Crippen LogP contribution in [0.15, 0.2) is 59.5 Å². The van der Waals surface area contributed by atoms with Crippen molar-refractivity contribution >= 4 is 44.9 Å². The van der Waals surface area contributed by atoms with E-state index in [1.54, 1.807) is 6.07 Å². The van der Waals surface area contributed by atoms with Gasteiger partial charge in [-0.2, -0.15) is 0 Å². The molecule has 0 aliphatic heterocycles. The molecule has 0 unspecified atom stereocenters. The number of methoxy groups -OCH3 is 5. The Labute approximate surface area is 231 Å². The minimum Gasteiger partial charge on any atom is -0.497 e. The van der Waals surface area contributed by atoms with Crippen LogP contribution in [-0.4, -0.2) is 62.4 Å². The lowest BCUT2D eigenvalue weighted by atomic mass is 10.2. The molecule has 0 heterocycles. The van der Waals surface area contributed by atoms with Crippen molar-refractivity contribution in [3.63, 3.8) is 0 Å². The molecule has 0 fully saturated rings. The molecule has 13 heteroatoms. The number of benzene rings is 3. The van der Waals surface area contributed by atoms with E-state index in [0.717, 1.165) is 4.31 Å². The lowest BCUT2D eigenvalue weighted by Gasteiger charge is -2.26. The topological polar surface area (TPSA) is 130 Å². The number of nitrogens with one attached hydrogen (secondary N) is 1. The number of ether oxygens (including phenoxy) is 5. The zero-order valence-corrected chi connectivity index (χ0v) is 23.4. The van der Waals surface area contributed by atoms with Crippen molar-refractivity contribution < 1.29 is 41.7 Å². The fourth-order valence-corrected chi connectivity index (χ4v) is 5.19. The first kappa shape index (κ1) is 29.4. The van der Waals surface area contributed by atoms with Gasteiger partial charge < -0.3 is 29.0 Å². The maximum atomic E-state index is 14.0. The molecule has 39 heavy (non-hydrogen) atoms. The summed E-state index contributed by atoms with van der Waals surface area (Å²) in [6.07, 6.45) is 0. The van der Waals surface area contributed by atoms with Gasteiger partial charge in [-0.25, -0.2) is 13.2 Å². The van der Waals surface area contributed by atoms with Crippen molar-refractivity contribution in [1.29, 1.82) is 0 Å². The molecule has 0 atom stereocenters. The third kappa shape index (κ3) is 6.47. The highest BCUT2D eigenvalue weighted by Crippen LogP contribution is 2.37. The first-order chi connectivity index (χ1) is 18.6. The summed E-state index contributed by atoms with van der Waals surface area (Å²) in [5.74, 6) is -0.411. The largest absolute Gasteiger partial charge is 0.497 e. The van der Waals surface area contributed by atoms with Crippen LogP contribution in [0, 0.1) is 0 Å². The molecule has 11 nitrogen and oxygen atoms in total. The predicted molar refractivity (Wildman–Crippen MR) is 145 cm³/mol. The van der Waals surface area contributed by atoms with E-state index < -0.39 is 28.4 Å². The van der Waals surface area contributed by atoms with Crippen LogP contribution in [0.5, 0.6) is 23.0 Å². The molecule has 3 rings (SSSR count). The standard InChI is InChI=1S/C26H27ClN2O9S/c1-34-17-7-10-22(35-2)21(13-17)29(39(32,33)18-8-11-23(36-3)24(14-18)37-4)15-25(30)28-20-12-16(26(31)38-5)6-9-19(20)27/h6-14H,15H2,1-5H3,(H,28,30). The number of hydrogen-bond acceptors (Lipinski definition) is 9. The lowest BCUT2D eigenvalue weighted by molar-refractivity contribution is -0.114. The minimum absolute atomic E-state index is 0.0381. The van der Waals surface area contributed by atoms with E-state index in [1.807, 2.05) is 0 Å². The van der Waals surface area contributed by atoms with Crippen LogP contribution in [0.3, 0.4) is 0 Å². The van der Waals surface area contributed by atoms with Crippen molar-refractivity contribution in [2.75, 3.05) is 51.7 Å². The molecule has 208 valence electrons. The Morgan fingerprint density at radius 3 is 2.10 bits per heavy atom. The number of nitrogens with zero attached hydrogens (tertiary/aromatic N) is 1. The third-order valence-electron chi connectivity index (χ3n) is 5.55. The maximum Gasteiger partial charge on any atom is 0.337 e. The number of carbonyl (C=O) groups is 2. The van der Waals surface area contributed by atoms with E-state index in [0.29, 0.717) is 11.5 Å². The molecule has 0 radical (unpaired) electrons. The quantitative estimate of drug-likeness (QED) is 0.336. The smallest absolute Gasteiger partial charge is 0.337 e. The van der Waals surface area contributed by atoms with Gasteiger partial charge in [-0.05, 0) is 42.5 Å². The van der Waals surface area contributed by atoms with E-state index in [1.165, 1.54) is 84.1 Å². The minimum atomic E-state index is -4.40. The fraction of sp³-hybridized carbons (Fsp3) is 0.231. The van der Waals surface area contributed by atoms with Gasteiger partial charge in [0.1, 0.15) is 18.0 Å². The zero-order chi connectivity index (χ0) is 28.7. The Kier molecular flexibility index (Phi) is 9.49. The van der Waals surface area contributed by atoms with Crippen LogP contribution in [0.2, 0.25) is 5.02 Å². The zero-order valence-electron chi connectivity index (χ0n) is 21.8. The molecule has 3 aromatic carbocycles. The predicted octanol–water partition coefficient (Wildman–Crippen LogP) is 4.00. The monoisotopic (exact) mass is 578 g/mol. The van der Waals surface area contributed by atoms with Crippen molar-refractivity contribution in [3.05, 3.63) is 65.2 Å². The molecule has 0 saturated heterocycles. The summed E-state index contributed by atoms with van der Waals surface area (Å²) in [4.78, 5) is 25.0. The van der Waals surface area contributed by atoms with Crippen LogP contribution in [-0.2, 0) is 19.6 Å². The van der Waals surface area contributed by atoms with E-state index in [-0.39, 0.29) is 38.4 Å². The van der Waals surface area contributed by atoms with Gasteiger partial charge in [-0.15, -0.1) is 0 Å². The number of halogens is 1. The van der Waals surface area contributed by atoms with Crippen LogP contribution in [0.25, 0.3) is 0 Å². The van der Waals surface area contributed by atoms with Gasteiger partial charge >= 0.3 is 5.97 Å². The highest BCUT2D eigenvalue weighted by atomic mass is 35.5. The number of hydrogen-bond donors (Lipinski definition) is 1. The normalized spacial score (nSPS) is 10.8. The number of anilines is 2. The van der Waals surface area contributed by atoms with Crippen LogP contribution >= 0.6 is 11.6 Å². The van der Waals surface area contributed by atoms with Gasteiger partial charge in [0.2, 0.25) is 5.91 Å². The summed E-state index contributed by atoms with van der Waals surface area (Å²) in [6, 6.07) is 12.7. The molecular weight excluding hydrogens is 552 g/mol. The van der Waals surface area contributed by atoms with Crippen molar-refractivity contribution in [2.24, 2.45) is 0 Å². The summed E-state index contributed by atoms with van der Waals surface area (Å²) in [7, 11) is 2.39. The van der Waals surface area contributed by atoms with Crippen LogP contribution in [0.4, 0.5) is 11.4 Å². The van der Waals surface area contributed by atoms with Gasteiger partial charge in [-0.3, -0.25) is 9.10 Å². The summed E-state index contributed by atoms with van der Waals surface area (Å²) in [6.45, 7) is -0.695. The summed E-state index contributed by atoms with van der Waals surface area (Å²) >= 11 is 6.22. The van der Waals surface area contributed by atoms with Crippen molar-refractivity contribution in [1.82, 2.24) is 0 Å². The maximum absolute atomic E-state index is 14.0. The summed E-state index contributed by atoms with van der Waals surface area (Å²) in [5, 5.41) is 2.69. The molecular formula is C26H27ClN2O9S. The average Bonchev–Trinajstić information content (AvgIpc) is 2.95. The Bertz CT molecular complexity index is 1480. The Morgan fingerprint density at radius 1 is 0.821 bits per heavy atom. The van der Waals surface area contributed by atoms with Crippen molar-refractivity contribution in [2.45, 2.75) is 4.90 Å². The second-order valence-electron chi connectivity index (χ2n) is 7.80. The first-order valence-corrected chi connectivity index (χ1v) is 13.1. The lowest BCUT2D eigenvalue weighted by Crippen LogP contribution is -2.38. The summed E-state index contributed by atoms with van der Waals surface area (Å²) < 4.78 is 54.7. The molecule has 0 bridgehead atoms. The van der Waals surface area contributed by atoms with Crippen LogP contribution < -0.4 is 28.6 Å². The van der Waals surface area contributed by atoms with Crippen LogP contribution in [0.1, 0.15) is 10.4 Å². The van der Waals surface area contributed by atoms with Crippen molar-refractivity contribution in [3.8, 4) is 23.0 Å². The Balaban J connectivity index is 2.10. The average molecular weight is 579 g/mol. The van der Waals surface area contributed by atoms with E-state index in [9.17, 15) is 18.0 Å². The van der Waals surface area contributed by atoms with Gasteiger partial charge in [0.05, 0.1) is 62.4 Å². The van der Waals surface area contributed by atoms with E-state index in [2.05, 4.69) is 5.32 Å². The molecule has 0 aromatic heterocycles. The third-order valence-corrected chi connectivity index (χ3v) is 7.63. The Morgan fingerprint density at radius 2 is 1.49 bits per heavy atom. The molecule has 1 N–H and O–H groups in total. The second-order valence-corrected chi connectivity index (χ2v) is 10.1.